The summed E-state index contributed by atoms with van der Waals surface area (Å²) in [5.41, 5.74) is 5.16. The number of hydrogen-bond acceptors (Lipinski definition) is 0. The third-order valence-corrected chi connectivity index (χ3v) is 4.22. The Morgan fingerprint density at radius 2 is 2.00 bits per heavy atom. The number of benzene rings is 1. The molecule has 0 aliphatic heterocycles. The summed E-state index contributed by atoms with van der Waals surface area (Å²) in [6.45, 7) is 7.11. The summed E-state index contributed by atoms with van der Waals surface area (Å²) in [5.74, 6) is 0. The van der Waals surface area contributed by atoms with Crippen LogP contribution in [0.2, 0.25) is 0 Å². The molecule has 0 saturated carbocycles. The molecule has 0 unspecified atom stereocenters. The minimum atomic E-state index is 0.383. The highest BCUT2D eigenvalue weighted by molar-refractivity contribution is 5.38. The summed E-state index contributed by atoms with van der Waals surface area (Å²) < 4.78 is 0. The van der Waals surface area contributed by atoms with Crippen molar-refractivity contribution in [1.29, 1.82) is 0 Å². The van der Waals surface area contributed by atoms with E-state index in [-0.39, 0.29) is 0 Å². The number of aryl methyl sites for hydroxylation is 2. The van der Waals surface area contributed by atoms with Crippen LogP contribution in [0.5, 0.6) is 0 Å². The Kier molecular flexibility index (Phi) is 3.91. The first kappa shape index (κ1) is 12.7. The maximum Gasteiger partial charge on any atom is -0.0101 e. The topological polar surface area (TPSA) is 0 Å². The summed E-state index contributed by atoms with van der Waals surface area (Å²) in [6, 6.07) is 7.25. The minimum Gasteiger partial charge on any atom is -0.0654 e. The molecule has 0 nitrogen and oxygen atoms in total. The Labute approximate surface area is 106 Å². The van der Waals surface area contributed by atoms with Crippen LogP contribution in [0, 0.1) is 0 Å². The lowest BCUT2D eigenvalue weighted by molar-refractivity contribution is 0.468. The first-order valence-corrected chi connectivity index (χ1v) is 7.26. The van der Waals surface area contributed by atoms with Crippen molar-refractivity contribution in [2.75, 3.05) is 0 Å². The Balaban J connectivity index is 2.30. The molecule has 1 aromatic rings. The van der Waals surface area contributed by atoms with Crippen LogP contribution < -0.4 is 0 Å². The zero-order valence-corrected chi connectivity index (χ0v) is 11.7. The monoisotopic (exact) mass is 230 g/mol. The van der Waals surface area contributed by atoms with Crippen LogP contribution in [0.3, 0.4) is 0 Å². The largest absolute Gasteiger partial charge is 0.0654 e. The molecule has 0 atom stereocenters. The lowest BCUT2D eigenvalue weighted by Gasteiger charge is -2.26. The Bertz CT molecular complexity index is 374. The molecule has 0 heteroatoms. The fraction of sp³-hybridized carbons (Fsp3) is 0.647. The lowest BCUT2D eigenvalue weighted by atomic mass is 9.79. The molecule has 1 aliphatic rings. The van der Waals surface area contributed by atoms with Gasteiger partial charge in [-0.3, -0.25) is 0 Å². The second-order valence-electron chi connectivity index (χ2n) is 6.19. The van der Waals surface area contributed by atoms with Gasteiger partial charge in [-0.25, -0.2) is 0 Å². The summed E-state index contributed by atoms with van der Waals surface area (Å²) in [7, 11) is 0. The fourth-order valence-corrected chi connectivity index (χ4v) is 3.03. The Morgan fingerprint density at radius 3 is 2.76 bits per heavy atom. The average Bonchev–Trinajstić information content (AvgIpc) is 2.46. The predicted octanol–water partition coefficient (Wildman–Crippen LogP) is 5.03. The number of unbranched alkanes of at least 4 members (excludes halogenated alkanes) is 1. The molecule has 0 bridgehead atoms. The van der Waals surface area contributed by atoms with E-state index in [0.29, 0.717) is 5.41 Å². The van der Waals surface area contributed by atoms with Gasteiger partial charge in [0.15, 0.2) is 0 Å². The zero-order chi connectivity index (χ0) is 12.3. The van der Waals surface area contributed by atoms with Gasteiger partial charge in [0, 0.05) is 0 Å². The van der Waals surface area contributed by atoms with Gasteiger partial charge in [0.25, 0.3) is 0 Å². The first-order valence-electron chi connectivity index (χ1n) is 7.26. The third kappa shape index (κ3) is 2.91. The highest BCUT2D eigenvalue weighted by atomic mass is 14.3. The van der Waals surface area contributed by atoms with Gasteiger partial charge in [0.05, 0.1) is 0 Å². The molecule has 0 N–H and O–H groups in total. The molecule has 94 valence electrons. The van der Waals surface area contributed by atoms with E-state index in [4.69, 9.17) is 0 Å². The van der Waals surface area contributed by atoms with Crippen LogP contribution >= 0.6 is 0 Å². The van der Waals surface area contributed by atoms with Gasteiger partial charge in [-0.15, -0.1) is 0 Å². The van der Waals surface area contributed by atoms with E-state index in [0.717, 1.165) is 0 Å². The standard InChI is InChI=1S/C17H26/c1-4-5-8-14-10-11-15-9-6-7-12-17(2,3)16(15)13-14/h10-11,13H,4-9,12H2,1-3H3. The van der Waals surface area contributed by atoms with Crippen molar-refractivity contribution in [1.82, 2.24) is 0 Å². The van der Waals surface area contributed by atoms with Crippen LogP contribution in [0.25, 0.3) is 0 Å². The molecule has 0 fully saturated rings. The molecule has 0 heterocycles. The van der Waals surface area contributed by atoms with Gasteiger partial charge in [0.2, 0.25) is 0 Å². The average molecular weight is 230 g/mol. The lowest BCUT2D eigenvalue weighted by Crippen LogP contribution is -2.17. The normalized spacial score (nSPS) is 18.5. The zero-order valence-electron chi connectivity index (χ0n) is 11.7. The van der Waals surface area contributed by atoms with E-state index >= 15 is 0 Å². The molecule has 0 spiro atoms. The number of fused-ring (bicyclic) bond motifs is 1. The second kappa shape index (κ2) is 5.25. The van der Waals surface area contributed by atoms with Crippen LogP contribution in [0.1, 0.15) is 69.6 Å². The predicted molar refractivity (Wildman–Crippen MR) is 75.6 cm³/mol. The van der Waals surface area contributed by atoms with E-state index in [1.807, 2.05) is 0 Å². The molecule has 17 heavy (non-hydrogen) atoms. The molecule has 0 saturated heterocycles. The molecule has 1 aliphatic carbocycles. The van der Waals surface area contributed by atoms with Crippen molar-refractivity contribution < 1.29 is 0 Å². The van der Waals surface area contributed by atoms with E-state index in [9.17, 15) is 0 Å². The fourth-order valence-electron chi connectivity index (χ4n) is 3.03. The molecule has 0 radical (unpaired) electrons. The van der Waals surface area contributed by atoms with Crippen molar-refractivity contribution in [2.24, 2.45) is 0 Å². The van der Waals surface area contributed by atoms with Crippen molar-refractivity contribution in [2.45, 2.75) is 71.1 Å². The summed E-state index contributed by atoms with van der Waals surface area (Å²) in [5, 5.41) is 0. The van der Waals surface area contributed by atoms with E-state index in [2.05, 4.69) is 39.0 Å². The van der Waals surface area contributed by atoms with Crippen LogP contribution in [-0.4, -0.2) is 0 Å². The SMILES string of the molecule is CCCCc1ccc2c(c1)C(C)(C)CCCC2. The molecule has 0 amide bonds. The maximum absolute atomic E-state index is 2.50. The van der Waals surface area contributed by atoms with Gasteiger partial charge >= 0.3 is 0 Å². The van der Waals surface area contributed by atoms with Gasteiger partial charge in [-0.05, 0) is 54.2 Å². The highest BCUT2D eigenvalue weighted by Gasteiger charge is 2.25. The molecule has 2 rings (SSSR count). The maximum atomic E-state index is 2.50. The third-order valence-electron chi connectivity index (χ3n) is 4.22. The number of rotatable bonds is 3. The molecular weight excluding hydrogens is 204 g/mol. The Morgan fingerprint density at radius 1 is 1.18 bits per heavy atom. The van der Waals surface area contributed by atoms with Gasteiger partial charge in [-0.1, -0.05) is 51.8 Å². The van der Waals surface area contributed by atoms with Crippen LogP contribution in [0.4, 0.5) is 0 Å². The Hall–Kier alpha value is -0.780. The van der Waals surface area contributed by atoms with E-state index in [1.54, 1.807) is 16.7 Å². The van der Waals surface area contributed by atoms with Gasteiger partial charge in [0.1, 0.15) is 0 Å². The number of hydrogen-bond donors (Lipinski definition) is 0. The minimum absolute atomic E-state index is 0.383. The summed E-state index contributed by atoms with van der Waals surface area (Å²) in [6.07, 6.45) is 9.24. The molecule has 1 aromatic carbocycles. The molecule has 0 aromatic heterocycles. The molecular formula is C17H26. The van der Waals surface area contributed by atoms with Gasteiger partial charge < -0.3 is 0 Å². The van der Waals surface area contributed by atoms with Crippen molar-refractivity contribution in [3.8, 4) is 0 Å². The van der Waals surface area contributed by atoms with Crippen molar-refractivity contribution in [3.63, 3.8) is 0 Å². The van der Waals surface area contributed by atoms with Crippen molar-refractivity contribution in [3.05, 3.63) is 34.9 Å². The van der Waals surface area contributed by atoms with E-state index < -0.39 is 0 Å². The van der Waals surface area contributed by atoms with Crippen LogP contribution in [-0.2, 0) is 18.3 Å². The summed E-state index contributed by atoms with van der Waals surface area (Å²) >= 11 is 0. The van der Waals surface area contributed by atoms with E-state index in [1.165, 1.54) is 44.9 Å². The highest BCUT2D eigenvalue weighted by Crippen LogP contribution is 2.36. The van der Waals surface area contributed by atoms with Crippen LogP contribution in [0.15, 0.2) is 18.2 Å². The first-order chi connectivity index (χ1) is 8.13. The quantitative estimate of drug-likeness (QED) is 0.639. The van der Waals surface area contributed by atoms with Crippen molar-refractivity contribution >= 4 is 0 Å². The smallest absolute Gasteiger partial charge is 0.0101 e. The second-order valence-corrected chi connectivity index (χ2v) is 6.19. The summed E-state index contributed by atoms with van der Waals surface area (Å²) in [4.78, 5) is 0. The van der Waals surface area contributed by atoms with Gasteiger partial charge in [-0.2, -0.15) is 0 Å².